The number of aromatic nitrogens is 3. The Morgan fingerprint density at radius 3 is 2.32 bits per heavy atom. The SMILES string of the molecule is O=C1c2ccccc2C(=O)N1CCCCSc1nncn1-c1ccccc1F. The molecule has 0 N–H and O–H groups in total. The normalized spacial score (nSPS) is 13.2. The largest absolute Gasteiger partial charge is 0.274 e. The van der Waals surface area contributed by atoms with E-state index < -0.39 is 0 Å². The van der Waals surface area contributed by atoms with Crippen molar-refractivity contribution < 1.29 is 14.0 Å². The average Bonchev–Trinajstić information content (AvgIpc) is 3.27. The van der Waals surface area contributed by atoms with Gasteiger partial charge in [-0.25, -0.2) is 4.39 Å². The molecule has 1 aliphatic rings. The number of halogens is 1. The maximum Gasteiger partial charge on any atom is 0.261 e. The van der Waals surface area contributed by atoms with Crippen LogP contribution in [-0.4, -0.2) is 43.8 Å². The van der Waals surface area contributed by atoms with Gasteiger partial charge in [0, 0.05) is 12.3 Å². The van der Waals surface area contributed by atoms with Gasteiger partial charge in [0.15, 0.2) is 5.16 Å². The zero-order chi connectivity index (χ0) is 19.5. The van der Waals surface area contributed by atoms with E-state index in [-0.39, 0.29) is 17.6 Å². The van der Waals surface area contributed by atoms with Crippen LogP contribution in [0.15, 0.2) is 60.0 Å². The summed E-state index contributed by atoms with van der Waals surface area (Å²) >= 11 is 1.46. The standard InChI is InChI=1S/C20H17FN4O2S/c21-16-9-3-4-10-17(16)25-13-22-23-20(25)28-12-6-5-11-24-18(26)14-7-1-2-8-15(14)19(24)27/h1-4,7-10,13H,5-6,11-12H2. The van der Waals surface area contributed by atoms with Crippen LogP contribution in [0.4, 0.5) is 4.39 Å². The maximum absolute atomic E-state index is 14.0. The number of benzene rings is 2. The summed E-state index contributed by atoms with van der Waals surface area (Å²) in [6.45, 7) is 0.382. The van der Waals surface area contributed by atoms with E-state index in [0.717, 1.165) is 12.2 Å². The van der Waals surface area contributed by atoms with Crippen molar-refractivity contribution in [1.82, 2.24) is 19.7 Å². The van der Waals surface area contributed by atoms with Crippen LogP contribution in [0.5, 0.6) is 0 Å². The molecule has 0 radical (unpaired) electrons. The van der Waals surface area contributed by atoms with Crippen LogP contribution in [0, 0.1) is 5.82 Å². The van der Waals surface area contributed by atoms with Crippen LogP contribution in [-0.2, 0) is 0 Å². The smallest absolute Gasteiger partial charge is 0.261 e. The van der Waals surface area contributed by atoms with Gasteiger partial charge in [-0.15, -0.1) is 10.2 Å². The molecule has 0 bridgehead atoms. The Morgan fingerprint density at radius 2 is 1.61 bits per heavy atom. The second-order valence-electron chi connectivity index (χ2n) is 6.30. The lowest BCUT2D eigenvalue weighted by atomic mass is 10.1. The third-order valence-corrected chi connectivity index (χ3v) is 5.54. The molecule has 6 nitrogen and oxygen atoms in total. The first-order valence-electron chi connectivity index (χ1n) is 8.90. The average molecular weight is 396 g/mol. The first-order valence-corrected chi connectivity index (χ1v) is 9.88. The van der Waals surface area contributed by atoms with Gasteiger partial charge in [-0.1, -0.05) is 36.0 Å². The lowest BCUT2D eigenvalue weighted by molar-refractivity contribution is 0.0652. The van der Waals surface area contributed by atoms with Crippen LogP contribution in [0.1, 0.15) is 33.6 Å². The molecule has 0 aliphatic carbocycles. The van der Waals surface area contributed by atoms with Crippen LogP contribution >= 0.6 is 11.8 Å². The number of nitrogens with zero attached hydrogens (tertiary/aromatic N) is 4. The van der Waals surface area contributed by atoms with Gasteiger partial charge < -0.3 is 0 Å². The number of hydrogen-bond acceptors (Lipinski definition) is 5. The van der Waals surface area contributed by atoms with E-state index >= 15 is 0 Å². The van der Waals surface area contributed by atoms with Gasteiger partial charge in [-0.2, -0.15) is 0 Å². The third-order valence-electron chi connectivity index (χ3n) is 4.51. The topological polar surface area (TPSA) is 68.1 Å². The fourth-order valence-electron chi connectivity index (χ4n) is 3.11. The molecule has 2 aromatic carbocycles. The fraction of sp³-hybridized carbons (Fsp3) is 0.200. The van der Waals surface area contributed by atoms with E-state index in [1.807, 2.05) is 0 Å². The first kappa shape index (κ1) is 18.4. The minimum absolute atomic E-state index is 0.229. The summed E-state index contributed by atoms with van der Waals surface area (Å²) in [6.07, 6.45) is 2.95. The summed E-state index contributed by atoms with van der Waals surface area (Å²) in [5.41, 5.74) is 1.35. The molecule has 0 fully saturated rings. The van der Waals surface area contributed by atoms with Gasteiger partial charge in [0.1, 0.15) is 12.1 Å². The van der Waals surface area contributed by atoms with Crippen molar-refractivity contribution in [2.45, 2.75) is 18.0 Å². The summed E-state index contributed by atoms with van der Waals surface area (Å²) in [7, 11) is 0. The van der Waals surface area contributed by atoms with Crippen molar-refractivity contribution >= 4 is 23.6 Å². The number of imide groups is 1. The van der Waals surface area contributed by atoms with Gasteiger partial charge in [0.05, 0.1) is 16.8 Å². The highest BCUT2D eigenvalue weighted by Gasteiger charge is 2.34. The molecule has 1 aliphatic heterocycles. The van der Waals surface area contributed by atoms with Crippen molar-refractivity contribution in [3.05, 3.63) is 71.8 Å². The van der Waals surface area contributed by atoms with E-state index in [1.165, 1.54) is 29.1 Å². The van der Waals surface area contributed by atoms with Gasteiger partial charge in [0.2, 0.25) is 0 Å². The van der Waals surface area contributed by atoms with Gasteiger partial charge in [-0.3, -0.25) is 19.1 Å². The quantitative estimate of drug-likeness (QED) is 0.347. The Kier molecular flexibility index (Phi) is 5.21. The summed E-state index contributed by atoms with van der Waals surface area (Å²) in [5.74, 6) is -0.0778. The summed E-state index contributed by atoms with van der Waals surface area (Å²) < 4.78 is 15.6. The second kappa shape index (κ2) is 7.93. The fourth-order valence-corrected chi connectivity index (χ4v) is 4.03. The van der Waals surface area contributed by atoms with Crippen molar-refractivity contribution in [2.24, 2.45) is 0 Å². The van der Waals surface area contributed by atoms with Gasteiger partial charge in [0.25, 0.3) is 11.8 Å². The van der Waals surface area contributed by atoms with E-state index in [2.05, 4.69) is 10.2 Å². The van der Waals surface area contributed by atoms with Gasteiger partial charge >= 0.3 is 0 Å². The molecular formula is C20H17FN4O2S. The molecule has 0 unspecified atom stereocenters. The molecule has 0 saturated heterocycles. The molecule has 1 aromatic heterocycles. The molecular weight excluding hydrogens is 379 g/mol. The molecule has 0 saturated carbocycles. The monoisotopic (exact) mass is 396 g/mol. The molecule has 3 aromatic rings. The van der Waals surface area contributed by atoms with Crippen molar-refractivity contribution in [3.8, 4) is 5.69 Å². The predicted molar refractivity (Wildman–Crippen MR) is 103 cm³/mol. The molecule has 4 rings (SSSR count). The van der Waals surface area contributed by atoms with E-state index in [1.54, 1.807) is 47.0 Å². The summed E-state index contributed by atoms with van der Waals surface area (Å²) in [6, 6.07) is 13.3. The highest BCUT2D eigenvalue weighted by atomic mass is 32.2. The molecule has 28 heavy (non-hydrogen) atoms. The minimum atomic E-state index is -0.338. The predicted octanol–water partition coefficient (Wildman–Crippen LogP) is 3.57. The molecule has 142 valence electrons. The highest BCUT2D eigenvalue weighted by Crippen LogP contribution is 2.24. The Hall–Kier alpha value is -3.00. The highest BCUT2D eigenvalue weighted by molar-refractivity contribution is 7.99. The van der Waals surface area contributed by atoms with Crippen LogP contribution in [0.25, 0.3) is 5.69 Å². The Bertz CT molecular complexity index is 1000. The molecule has 8 heteroatoms. The molecule has 2 amide bonds. The minimum Gasteiger partial charge on any atom is -0.274 e. The van der Waals surface area contributed by atoms with E-state index in [0.29, 0.717) is 34.9 Å². The van der Waals surface area contributed by atoms with Crippen molar-refractivity contribution in [3.63, 3.8) is 0 Å². The third kappa shape index (κ3) is 3.43. The lowest BCUT2D eigenvalue weighted by Crippen LogP contribution is -2.30. The van der Waals surface area contributed by atoms with Crippen LogP contribution in [0.2, 0.25) is 0 Å². The number of carbonyl (C=O) groups excluding carboxylic acids is 2. The number of unbranched alkanes of at least 4 members (excludes halogenated alkanes) is 1. The summed E-state index contributed by atoms with van der Waals surface area (Å²) in [4.78, 5) is 26.0. The van der Waals surface area contributed by atoms with Crippen molar-refractivity contribution in [1.29, 1.82) is 0 Å². The summed E-state index contributed by atoms with van der Waals surface area (Å²) in [5, 5.41) is 8.53. The lowest BCUT2D eigenvalue weighted by Gasteiger charge is -2.13. The second-order valence-corrected chi connectivity index (χ2v) is 7.36. The zero-order valence-electron chi connectivity index (χ0n) is 14.9. The number of para-hydroxylation sites is 1. The number of thioether (sulfide) groups is 1. The zero-order valence-corrected chi connectivity index (χ0v) is 15.7. The number of hydrogen-bond donors (Lipinski definition) is 0. The first-order chi connectivity index (χ1) is 13.7. The van der Waals surface area contributed by atoms with E-state index in [9.17, 15) is 14.0 Å². The number of amides is 2. The van der Waals surface area contributed by atoms with Crippen molar-refractivity contribution in [2.75, 3.05) is 12.3 Å². The van der Waals surface area contributed by atoms with Gasteiger partial charge in [-0.05, 0) is 37.1 Å². The number of carbonyl (C=O) groups is 2. The maximum atomic E-state index is 14.0. The molecule has 0 atom stereocenters. The molecule has 0 spiro atoms. The Balaban J connectivity index is 1.30. The number of rotatable bonds is 7. The Morgan fingerprint density at radius 1 is 0.929 bits per heavy atom. The number of fused-ring (bicyclic) bond motifs is 1. The van der Waals surface area contributed by atoms with Crippen LogP contribution < -0.4 is 0 Å². The Labute approximate surface area is 165 Å². The molecule has 2 heterocycles. The van der Waals surface area contributed by atoms with E-state index in [4.69, 9.17) is 0 Å². The van der Waals surface area contributed by atoms with Crippen LogP contribution in [0.3, 0.4) is 0 Å².